The number of aliphatic hydroxyl groups is 1. The maximum atomic E-state index is 13.0. The Bertz CT molecular complexity index is 3020. The van der Waals surface area contributed by atoms with E-state index < -0.39 is 29.4 Å². The molecular weight excluding hydrogens is 975 g/mol. The largest absolute Gasteiger partial charge is 0.481 e. The molecule has 0 amide bonds. The number of pyridine rings is 2. The second kappa shape index (κ2) is 18.1. The van der Waals surface area contributed by atoms with Crippen LogP contribution in [0.4, 0.5) is 26.3 Å². The molecule has 2 aromatic carbocycles. The molecule has 8 rings (SSSR count). The molecule has 25 heteroatoms. The van der Waals surface area contributed by atoms with Crippen LogP contribution in [0.5, 0.6) is 0 Å². The lowest BCUT2D eigenvalue weighted by Crippen LogP contribution is -2.06. The predicted octanol–water partition coefficient (Wildman–Crippen LogP) is 12.0. The lowest BCUT2D eigenvalue weighted by Gasteiger charge is -2.07. The summed E-state index contributed by atoms with van der Waals surface area (Å²) in [6.45, 7) is 0.0252. The van der Waals surface area contributed by atoms with Gasteiger partial charge in [0.2, 0.25) is 11.6 Å². The van der Waals surface area contributed by atoms with Gasteiger partial charge in [-0.2, -0.15) is 36.3 Å². The van der Waals surface area contributed by atoms with Gasteiger partial charge in [-0.1, -0.05) is 79.9 Å². The molecule has 0 saturated heterocycles. The van der Waals surface area contributed by atoms with Crippen molar-refractivity contribution in [3.05, 3.63) is 114 Å². The number of imidazole rings is 2. The Morgan fingerprint density at radius 1 is 0.587 bits per heavy atom. The fourth-order valence-electron chi connectivity index (χ4n) is 5.92. The topological polar surface area (TPSA) is 170 Å². The van der Waals surface area contributed by atoms with E-state index in [2.05, 4.69) is 30.2 Å². The summed E-state index contributed by atoms with van der Waals surface area (Å²) in [4.78, 5) is 27.5. The van der Waals surface area contributed by atoms with Crippen molar-refractivity contribution < 1.29 is 50.4 Å². The van der Waals surface area contributed by atoms with Crippen molar-refractivity contribution in [2.45, 2.75) is 38.0 Å². The van der Waals surface area contributed by atoms with Gasteiger partial charge in [-0.3, -0.25) is 4.79 Å². The van der Waals surface area contributed by atoms with E-state index in [9.17, 15) is 31.1 Å². The second-order valence-electron chi connectivity index (χ2n) is 13.3. The summed E-state index contributed by atoms with van der Waals surface area (Å²) in [5.74, 6) is -0.875. The molecule has 0 aliphatic rings. The van der Waals surface area contributed by atoms with E-state index in [1.807, 2.05) is 0 Å². The quantitative estimate of drug-likeness (QED) is 0.125. The first kappa shape index (κ1) is 45.9. The molecule has 2 N–H and O–H groups in total. The smallest absolute Gasteiger partial charge is 0.417 e. The number of carboxylic acid groups (broad SMARTS) is 1. The second-order valence-corrected chi connectivity index (χ2v) is 15.7. The average molecular weight is 997 g/mol. The molecule has 0 aliphatic heterocycles. The maximum absolute atomic E-state index is 13.0. The molecule has 13 nitrogen and oxygen atoms in total. The van der Waals surface area contributed by atoms with E-state index in [1.165, 1.54) is 24.5 Å². The van der Waals surface area contributed by atoms with E-state index in [0.29, 0.717) is 39.6 Å². The standard InChI is InChI=1S/C19H10Cl3F3N4O3.C19H12Cl3F3N4O2/c20-11-5-10(12(21)3-8(11)1-2-15(30)31)16-27-18(32-28-16)14-7-29-6-9(19(23,24)25)4-13(22)17(29)26-14;20-12-6-11(13(21)4-9(12)2-1-3-30)16-27-18(31-28-16)15-8-29-7-10(19(23,24)25)5-14(22)17(29)26-15/h3-7H,1-2H2,(H,30,31);4-8,30H,1-3H2. The van der Waals surface area contributed by atoms with Crippen LogP contribution in [-0.2, 0) is 30.0 Å². The number of fused-ring (bicyclic) bond motifs is 2. The fraction of sp³-hybridized carbons (Fsp3) is 0.184. The number of benzene rings is 2. The van der Waals surface area contributed by atoms with Crippen LogP contribution in [-0.4, -0.2) is 61.8 Å². The number of aliphatic carboxylic acids is 1. The normalized spacial score (nSPS) is 12.0. The molecule has 6 heterocycles. The van der Waals surface area contributed by atoms with E-state index in [0.717, 1.165) is 38.9 Å². The van der Waals surface area contributed by atoms with Gasteiger partial charge in [0, 0.05) is 59.0 Å². The van der Waals surface area contributed by atoms with Crippen LogP contribution >= 0.6 is 69.6 Å². The minimum atomic E-state index is -4.58. The highest BCUT2D eigenvalue weighted by Gasteiger charge is 2.33. The first-order valence-corrected chi connectivity index (χ1v) is 19.9. The number of aromatic nitrogens is 8. The van der Waals surface area contributed by atoms with Gasteiger partial charge in [0.05, 0.1) is 31.2 Å². The molecule has 328 valence electrons. The predicted molar refractivity (Wildman–Crippen MR) is 219 cm³/mol. The first-order valence-electron chi connectivity index (χ1n) is 17.7. The number of carboxylic acids is 1. The Morgan fingerprint density at radius 3 is 1.41 bits per heavy atom. The number of aliphatic hydroxyl groups excluding tert-OH is 1. The minimum absolute atomic E-state index is 0.0252. The molecular formula is C38H22Cl6F6N8O5. The van der Waals surface area contributed by atoms with Gasteiger partial charge < -0.3 is 28.1 Å². The number of alkyl halides is 6. The van der Waals surface area contributed by atoms with Crippen molar-refractivity contribution in [3.63, 3.8) is 0 Å². The molecule has 0 fully saturated rings. The zero-order valence-corrected chi connectivity index (χ0v) is 35.6. The summed E-state index contributed by atoms with van der Waals surface area (Å²) in [5.41, 5.74) is 0.634. The summed E-state index contributed by atoms with van der Waals surface area (Å²) in [6, 6.07) is 7.82. The van der Waals surface area contributed by atoms with E-state index in [1.54, 1.807) is 12.1 Å². The van der Waals surface area contributed by atoms with Crippen LogP contribution < -0.4 is 0 Å². The van der Waals surface area contributed by atoms with E-state index in [-0.39, 0.29) is 85.7 Å². The number of aryl methyl sites for hydroxylation is 2. The van der Waals surface area contributed by atoms with Crippen LogP contribution in [0.25, 0.3) is 57.2 Å². The van der Waals surface area contributed by atoms with Crippen LogP contribution in [0.15, 0.2) is 70.2 Å². The molecule has 0 aliphatic carbocycles. The van der Waals surface area contributed by atoms with Crippen molar-refractivity contribution in [1.29, 1.82) is 0 Å². The third kappa shape index (κ3) is 10.1. The van der Waals surface area contributed by atoms with Crippen LogP contribution in [0, 0.1) is 0 Å². The summed E-state index contributed by atoms with van der Waals surface area (Å²) in [7, 11) is 0. The SMILES string of the molecule is O=C(O)CCc1cc(Cl)c(-c2noc(-c3cn4cc(C(F)(F)F)cc(Cl)c4n3)n2)cc1Cl.OCCCc1cc(Cl)c(-c2noc(-c3cn4cc(C(F)(F)F)cc(Cl)c4n3)n2)cc1Cl. The number of hydrogen-bond acceptors (Lipinski definition) is 10. The van der Waals surface area contributed by atoms with Crippen LogP contribution in [0.2, 0.25) is 30.1 Å². The lowest BCUT2D eigenvalue weighted by atomic mass is 10.1. The Morgan fingerprint density at radius 2 is 1.02 bits per heavy atom. The lowest BCUT2D eigenvalue weighted by molar-refractivity contribution is -0.138. The molecule has 0 spiro atoms. The van der Waals surface area contributed by atoms with Crippen molar-refractivity contribution >= 4 is 86.9 Å². The highest BCUT2D eigenvalue weighted by molar-refractivity contribution is 6.36. The zero-order valence-electron chi connectivity index (χ0n) is 31.0. The third-order valence-electron chi connectivity index (χ3n) is 8.92. The van der Waals surface area contributed by atoms with Gasteiger partial charge in [-0.15, -0.1) is 0 Å². The van der Waals surface area contributed by atoms with E-state index in [4.69, 9.17) is 88.9 Å². The molecule has 0 atom stereocenters. The van der Waals surface area contributed by atoms with E-state index >= 15 is 0 Å². The van der Waals surface area contributed by atoms with Crippen molar-refractivity contribution in [2.24, 2.45) is 0 Å². The van der Waals surface area contributed by atoms with Crippen molar-refractivity contribution in [3.8, 4) is 45.9 Å². The Kier molecular flexibility index (Phi) is 13.2. The van der Waals surface area contributed by atoms with Crippen LogP contribution in [0.3, 0.4) is 0 Å². The summed E-state index contributed by atoms with van der Waals surface area (Å²) in [6.07, 6.45) is -3.67. The van der Waals surface area contributed by atoms with Gasteiger partial charge in [0.25, 0.3) is 11.8 Å². The first-order chi connectivity index (χ1) is 29.7. The molecule has 0 radical (unpaired) electrons. The van der Waals surface area contributed by atoms with Gasteiger partial charge in [0.15, 0.2) is 11.3 Å². The minimum Gasteiger partial charge on any atom is -0.481 e. The number of rotatable bonds is 10. The molecule has 6 aromatic heterocycles. The fourth-order valence-corrected chi connectivity index (χ4v) is 7.49. The summed E-state index contributed by atoms with van der Waals surface area (Å²) in [5, 5.41) is 26.4. The monoisotopic (exact) mass is 994 g/mol. The van der Waals surface area contributed by atoms with Gasteiger partial charge in [-0.25, -0.2) is 9.97 Å². The molecule has 0 bridgehead atoms. The average Bonchev–Trinajstić information content (AvgIpc) is 4.04. The summed E-state index contributed by atoms with van der Waals surface area (Å²) >= 11 is 37.0. The summed E-state index contributed by atoms with van der Waals surface area (Å²) < 4.78 is 90.8. The number of hydrogen-bond donors (Lipinski definition) is 2. The van der Waals surface area contributed by atoms with Crippen molar-refractivity contribution in [1.82, 2.24) is 39.1 Å². The van der Waals surface area contributed by atoms with Crippen LogP contribution in [0.1, 0.15) is 35.1 Å². The highest BCUT2D eigenvalue weighted by Crippen LogP contribution is 2.38. The maximum Gasteiger partial charge on any atom is 0.417 e. The van der Waals surface area contributed by atoms with Gasteiger partial charge >= 0.3 is 18.3 Å². The van der Waals surface area contributed by atoms with Crippen molar-refractivity contribution in [2.75, 3.05) is 6.61 Å². The molecule has 8 aromatic rings. The number of nitrogens with zero attached hydrogens (tertiary/aromatic N) is 8. The van der Waals surface area contributed by atoms with Gasteiger partial charge in [0.1, 0.15) is 11.4 Å². The highest BCUT2D eigenvalue weighted by atomic mass is 35.5. The Hall–Kier alpha value is -5.15. The zero-order chi connectivity index (χ0) is 45.5. The number of carbonyl (C=O) groups is 1. The molecule has 0 unspecified atom stereocenters. The Balaban J connectivity index is 0.000000189. The number of halogens is 12. The molecule has 0 saturated carbocycles. The molecule has 63 heavy (non-hydrogen) atoms. The Labute approximate surface area is 378 Å². The third-order valence-corrected chi connectivity index (χ3v) is 10.8. The van der Waals surface area contributed by atoms with Gasteiger partial charge in [-0.05, 0) is 66.8 Å².